The van der Waals surface area contributed by atoms with Crippen LogP contribution in [0.25, 0.3) is 0 Å². The third kappa shape index (κ3) is 3.05. The summed E-state index contributed by atoms with van der Waals surface area (Å²) in [6.07, 6.45) is -1.80. The van der Waals surface area contributed by atoms with Crippen molar-refractivity contribution in [1.29, 1.82) is 0 Å². The Morgan fingerprint density at radius 2 is 2.00 bits per heavy atom. The molecule has 0 radical (unpaired) electrons. The molecule has 1 heterocycles. The number of halogens is 3. The van der Waals surface area contributed by atoms with Gasteiger partial charge in [-0.2, -0.15) is 13.2 Å². The number of benzene rings is 1. The minimum Gasteiger partial charge on any atom is -0.397 e. The summed E-state index contributed by atoms with van der Waals surface area (Å²) in [5, 5.41) is 2.36. The minimum atomic E-state index is -4.46. The molecule has 0 aliphatic carbocycles. The Morgan fingerprint density at radius 3 is 2.65 bits per heavy atom. The lowest BCUT2D eigenvalue weighted by Crippen LogP contribution is -2.15. The lowest BCUT2D eigenvalue weighted by molar-refractivity contribution is -0.137. The molecule has 0 saturated heterocycles. The van der Waals surface area contributed by atoms with Gasteiger partial charge in [-0.05, 0) is 24.3 Å². The van der Waals surface area contributed by atoms with Crippen LogP contribution in [0.4, 0.5) is 24.5 Å². The van der Waals surface area contributed by atoms with Crippen molar-refractivity contribution in [3.8, 4) is 0 Å². The van der Waals surface area contributed by atoms with E-state index in [9.17, 15) is 18.0 Å². The van der Waals surface area contributed by atoms with E-state index in [4.69, 9.17) is 5.73 Å². The minimum absolute atomic E-state index is 0.0426. The number of hydrogen-bond acceptors (Lipinski definition) is 3. The summed E-state index contributed by atoms with van der Waals surface area (Å²) in [6, 6.07) is 5.75. The van der Waals surface area contributed by atoms with Crippen LogP contribution in [0.3, 0.4) is 0 Å². The second-order valence-corrected chi connectivity index (χ2v) is 4.00. The fourth-order valence-electron chi connectivity index (χ4n) is 1.59. The van der Waals surface area contributed by atoms with Crippen LogP contribution in [0, 0.1) is 0 Å². The number of carbonyl (C=O) groups excluding carboxylic acids is 1. The topological polar surface area (TPSA) is 68.0 Å². The van der Waals surface area contributed by atoms with E-state index >= 15 is 0 Å². The standard InChI is InChI=1S/C13H10F3N3O/c14-13(15,16)8-2-1-3-9(6-8)19-12(20)10-4-5-18-7-11(10)17/h1-7H,17H2,(H,19,20). The van der Waals surface area contributed by atoms with Gasteiger partial charge in [0.05, 0.1) is 23.0 Å². The summed E-state index contributed by atoms with van der Waals surface area (Å²) < 4.78 is 37.7. The predicted octanol–water partition coefficient (Wildman–Crippen LogP) is 2.93. The molecule has 1 amide bonds. The molecule has 0 saturated carbocycles. The number of nitrogens with zero attached hydrogens (tertiary/aromatic N) is 1. The van der Waals surface area contributed by atoms with Crippen molar-refractivity contribution >= 4 is 17.3 Å². The number of rotatable bonds is 2. The number of nitrogens with one attached hydrogen (secondary N) is 1. The van der Waals surface area contributed by atoms with E-state index in [1.165, 1.54) is 30.6 Å². The highest BCUT2D eigenvalue weighted by atomic mass is 19.4. The van der Waals surface area contributed by atoms with Gasteiger partial charge in [-0.3, -0.25) is 9.78 Å². The number of amides is 1. The third-order valence-electron chi connectivity index (χ3n) is 2.54. The summed E-state index contributed by atoms with van der Waals surface area (Å²) in [6.45, 7) is 0. The van der Waals surface area contributed by atoms with Gasteiger partial charge in [0.2, 0.25) is 0 Å². The second-order valence-electron chi connectivity index (χ2n) is 4.00. The third-order valence-corrected chi connectivity index (χ3v) is 2.54. The summed E-state index contributed by atoms with van der Waals surface area (Å²) in [7, 11) is 0. The molecule has 3 N–H and O–H groups in total. The van der Waals surface area contributed by atoms with Crippen molar-refractivity contribution in [2.24, 2.45) is 0 Å². The number of nitrogen functional groups attached to an aromatic ring is 1. The van der Waals surface area contributed by atoms with Gasteiger partial charge in [0.1, 0.15) is 0 Å². The van der Waals surface area contributed by atoms with Crippen molar-refractivity contribution in [2.45, 2.75) is 6.18 Å². The number of carbonyl (C=O) groups is 1. The van der Waals surface area contributed by atoms with Gasteiger partial charge in [0, 0.05) is 11.9 Å². The van der Waals surface area contributed by atoms with Crippen molar-refractivity contribution in [1.82, 2.24) is 4.98 Å². The molecule has 0 fully saturated rings. The number of nitrogens with two attached hydrogens (primary N) is 1. The molecule has 0 aliphatic rings. The van der Waals surface area contributed by atoms with Gasteiger partial charge < -0.3 is 11.1 Å². The molecule has 20 heavy (non-hydrogen) atoms. The number of aromatic nitrogens is 1. The molecule has 0 atom stereocenters. The summed E-state index contributed by atoms with van der Waals surface area (Å²) in [4.78, 5) is 15.6. The summed E-state index contributed by atoms with van der Waals surface area (Å²) in [5.74, 6) is -0.593. The number of pyridine rings is 1. The van der Waals surface area contributed by atoms with Crippen LogP contribution in [0.5, 0.6) is 0 Å². The fourth-order valence-corrected chi connectivity index (χ4v) is 1.59. The molecule has 0 unspecified atom stereocenters. The molecule has 2 rings (SSSR count). The highest BCUT2D eigenvalue weighted by molar-refractivity contribution is 6.07. The molecule has 1 aromatic carbocycles. The van der Waals surface area contributed by atoms with E-state index in [2.05, 4.69) is 10.3 Å². The highest BCUT2D eigenvalue weighted by Crippen LogP contribution is 2.30. The molecule has 104 valence electrons. The maximum absolute atomic E-state index is 12.6. The van der Waals surface area contributed by atoms with Crippen LogP contribution in [0.1, 0.15) is 15.9 Å². The Morgan fingerprint density at radius 1 is 1.25 bits per heavy atom. The van der Waals surface area contributed by atoms with Crippen LogP contribution in [0.15, 0.2) is 42.7 Å². The van der Waals surface area contributed by atoms with E-state index in [1.54, 1.807) is 0 Å². The first-order valence-electron chi connectivity index (χ1n) is 5.56. The largest absolute Gasteiger partial charge is 0.416 e. The number of alkyl halides is 3. The smallest absolute Gasteiger partial charge is 0.397 e. The van der Waals surface area contributed by atoms with E-state index in [1.807, 2.05) is 0 Å². The molecule has 1 aromatic heterocycles. The normalized spacial score (nSPS) is 11.2. The van der Waals surface area contributed by atoms with Crippen LogP contribution in [0.2, 0.25) is 0 Å². The zero-order valence-electron chi connectivity index (χ0n) is 10.1. The average Bonchev–Trinajstić information content (AvgIpc) is 2.38. The van der Waals surface area contributed by atoms with Gasteiger partial charge in [-0.15, -0.1) is 0 Å². The van der Waals surface area contributed by atoms with Crippen molar-refractivity contribution in [3.05, 3.63) is 53.9 Å². The summed E-state index contributed by atoms with van der Waals surface area (Å²) in [5.41, 5.74) is 5.08. The number of anilines is 2. The molecule has 0 bridgehead atoms. The second kappa shape index (κ2) is 5.20. The highest BCUT2D eigenvalue weighted by Gasteiger charge is 2.30. The van der Waals surface area contributed by atoms with Gasteiger partial charge in [-0.25, -0.2) is 0 Å². The lowest BCUT2D eigenvalue weighted by Gasteiger charge is -2.10. The van der Waals surface area contributed by atoms with Crippen LogP contribution < -0.4 is 11.1 Å². The van der Waals surface area contributed by atoms with Crippen LogP contribution in [-0.2, 0) is 6.18 Å². The van der Waals surface area contributed by atoms with Crippen LogP contribution >= 0.6 is 0 Å². The Hall–Kier alpha value is -2.57. The maximum Gasteiger partial charge on any atom is 0.416 e. The van der Waals surface area contributed by atoms with Gasteiger partial charge in [0.15, 0.2) is 0 Å². The fraction of sp³-hybridized carbons (Fsp3) is 0.0769. The average molecular weight is 281 g/mol. The lowest BCUT2D eigenvalue weighted by atomic mass is 10.1. The number of hydrogen-bond donors (Lipinski definition) is 2. The predicted molar refractivity (Wildman–Crippen MR) is 68.0 cm³/mol. The van der Waals surface area contributed by atoms with Crippen molar-refractivity contribution in [3.63, 3.8) is 0 Å². The van der Waals surface area contributed by atoms with Crippen molar-refractivity contribution in [2.75, 3.05) is 11.1 Å². The van der Waals surface area contributed by atoms with Crippen molar-refractivity contribution < 1.29 is 18.0 Å². The SMILES string of the molecule is Nc1cnccc1C(=O)Nc1cccc(C(F)(F)F)c1. The van der Waals surface area contributed by atoms with E-state index in [0.29, 0.717) is 0 Å². The van der Waals surface area contributed by atoms with Gasteiger partial charge in [0.25, 0.3) is 5.91 Å². The first kappa shape index (κ1) is 13.9. The molecular weight excluding hydrogens is 271 g/mol. The Balaban J connectivity index is 2.23. The first-order chi connectivity index (χ1) is 9.38. The molecule has 4 nitrogen and oxygen atoms in total. The monoisotopic (exact) mass is 281 g/mol. The van der Waals surface area contributed by atoms with Gasteiger partial charge >= 0.3 is 6.18 Å². The molecule has 7 heteroatoms. The van der Waals surface area contributed by atoms with E-state index in [-0.39, 0.29) is 16.9 Å². The summed E-state index contributed by atoms with van der Waals surface area (Å²) >= 11 is 0. The first-order valence-corrected chi connectivity index (χ1v) is 5.56. The Kier molecular flexibility index (Phi) is 3.60. The van der Waals surface area contributed by atoms with Gasteiger partial charge in [-0.1, -0.05) is 6.07 Å². The molecule has 0 aliphatic heterocycles. The quantitative estimate of drug-likeness (QED) is 0.889. The van der Waals surface area contributed by atoms with E-state index < -0.39 is 17.6 Å². The Labute approximate surface area is 112 Å². The maximum atomic E-state index is 12.6. The zero-order chi connectivity index (χ0) is 14.8. The molecule has 0 spiro atoms. The zero-order valence-corrected chi connectivity index (χ0v) is 10.1. The van der Waals surface area contributed by atoms with Crippen LogP contribution in [-0.4, -0.2) is 10.9 Å². The Bertz CT molecular complexity index is 641. The molecule has 2 aromatic rings. The molecular formula is C13H10F3N3O. The van der Waals surface area contributed by atoms with E-state index in [0.717, 1.165) is 12.1 Å².